The van der Waals surface area contributed by atoms with Crippen molar-refractivity contribution < 1.29 is 4.21 Å². The molecule has 5 heteroatoms. The topological polar surface area (TPSA) is 46.9 Å². The number of aryl methyl sites for hydroxylation is 1. The van der Waals surface area contributed by atoms with Crippen molar-refractivity contribution in [2.75, 3.05) is 23.9 Å². The lowest BCUT2D eigenvalue weighted by molar-refractivity contribution is 0.601. The third kappa shape index (κ3) is 3.48. The van der Waals surface area contributed by atoms with Crippen molar-refractivity contribution in [3.63, 3.8) is 0 Å². The molecular weight excluding hydrogens is 222 g/mol. The number of imidazole rings is 1. The van der Waals surface area contributed by atoms with E-state index in [0.717, 1.165) is 11.6 Å². The highest BCUT2D eigenvalue weighted by Crippen LogP contribution is 2.16. The van der Waals surface area contributed by atoms with Crippen LogP contribution in [0, 0.1) is 6.92 Å². The molecule has 1 rings (SSSR count). The number of nitrogens with zero attached hydrogens (tertiary/aromatic N) is 2. The summed E-state index contributed by atoms with van der Waals surface area (Å²) in [5, 5.41) is 3.17. The third-order valence-corrected chi connectivity index (χ3v) is 3.16. The first-order valence-corrected chi connectivity index (χ1v) is 6.97. The van der Waals surface area contributed by atoms with Crippen LogP contribution in [0.25, 0.3) is 0 Å². The standard InChI is InChI=1S/C11H19N3OS/c1-5-6-12-11-13-9(2)7-14(11)10(3)8-16(4)15/h5,7,10H,1,6,8H2,2-4H3,(H,12,13). The molecule has 0 fully saturated rings. The molecule has 2 atom stereocenters. The van der Waals surface area contributed by atoms with E-state index in [9.17, 15) is 4.21 Å². The zero-order valence-corrected chi connectivity index (χ0v) is 10.9. The Kier molecular flexibility index (Phi) is 4.73. The lowest BCUT2D eigenvalue weighted by Crippen LogP contribution is -2.15. The molecule has 1 heterocycles. The molecule has 16 heavy (non-hydrogen) atoms. The first-order chi connectivity index (χ1) is 7.54. The smallest absolute Gasteiger partial charge is 0.203 e. The number of nitrogens with one attached hydrogen (secondary N) is 1. The summed E-state index contributed by atoms with van der Waals surface area (Å²) in [4.78, 5) is 4.38. The van der Waals surface area contributed by atoms with Crippen LogP contribution in [0.5, 0.6) is 0 Å². The summed E-state index contributed by atoms with van der Waals surface area (Å²) in [6.45, 7) is 8.33. The van der Waals surface area contributed by atoms with Crippen LogP contribution in [0.2, 0.25) is 0 Å². The minimum atomic E-state index is -0.797. The van der Waals surface area contributed by atoms with Crippen molar-refractivity contribution in [1.29, 1.82) is 0 Å². The highest BCUT2D eigenvalue weighted by atomic mass is 32.2. The van der Waals surface area contributed by atoms with Gasteiger partial charge in [0, 0.05) is 41.6 Å². The fraction of sp³-hybridized carbons (Fsp3) is 0.545. The molecule has 4 nitrogen and oxygen atoms in total. The van der Waals surface area contributed by atoms with E-state index in [-0.39, 0.29) is 6.04 Å². The quantitative estimate of drug-likeness (QED) is 0.772. The largest absolute Gasteiger partial charge is 0.352 e. The van der Waals surface area contributed by atoms with E-state index in [1.54, 1.807) is 12.3 Å². The Bertz CT molecular complexity index is 387. The molecule has 0 spiro atoms. The maximum atomic E-state index is 11.2. The number of rotatable bonds is 6. The Balaban J connectivity index is 2.84. The fourth-order valence-electron chi connectivity index (χ4n) is 1.57. The van der Waals surface area contributed by atoms with Crippen LogP contribution in [0.4, 0.5) is 5.95 Å². The molecule has 0 saturated carbocycles. The number of hydrogen-bond acceptors (Lipinski definition) is 3. The van der Waals surface area contributed by atoms with E-state index >= 15 is 0 Å². The van der Waals surface area contributed by atoms with Crippen LogP contribution in [-0.2, 0) is 10.8 Å². The van der Waals surface area contributed by atoms with Crippen molar-refractivity contribution in [3.8, 4) is 0 Å². The van der Waals surface area contributed by atoms with Gasteiger partial charge in [0.2, 0.25) is 5.95 Å². The van der Waals surface area contributed by atoms with Gasteiger partial charge in [0.05, 0.1) is 5.69 Å². The molecule has 0 aliphatic carbocycles. The molecule has 0 aromatic carbocycles. The van der Waals surface area contributed by atoms with Crippen molar-refractivity contribution in [2.24, 2.45) is 0 Å². The van der Waals surface area contributed by atoms with Gasteiger partial charge in [-0.1, -0.05) is 6.08 Å². The zero-order chi connectivity index (χ0) is 12.1. The van der Waals surface area contributed by atoms with Crippen molar-refractivity contribution in [3.05, 3.63) is 24.5 Å². The van der Waals surface area contributed by atoms with E-state index in [2.05, 4.69) is 16.9 Å². The normalized spacial score (nSPS) is 14.4. The predicted octanol–water partition coefficient (Wildman–Crippen LogP) is 1.73. The van der Waals surface area contributed by atoms with E-state index in [1.807, 2.05) is 24.6 Å². The molecular formula is C11H19N3OS. The van der Waals surface area contributed by atoms with Crippen LogP contribution in [-0.4, -0.2) is 32.3 Å². The molecule has 2 unspecified atom stereocenters. The molecule has 0 aliphatic heterocycles. The minimum absolute atomic E-state index is 0.180. The Hall–Kier alpha value is -1.10. The van der Waals surface area contributed by atoms with Crippen LogP contribution in [0.15, 0.2) is 18.9 Å². The highest BCUT2D eigenvalue weighted by molar-refractivity contribution is 7.84. The summed E-state index contributed by atoms with van der Waals surface area (Å²) >= 11 is 0. The van der Waals surface area contributed by atoms with Crippen LogP contribution >= 0.6 is 0 Å². The molecule has 1 aromatic heterocycles. The molecule has 0 saturated heterocycles. The van der Waals surface area contributed by atoms with Gasteiger partial charge in [-0.3, -0.25) is 4.21 Å². The Morgan fingerprint density at radius 2 is 2.44 bits per heavy atom. The molecule has 90 valence electrons. The molecule has 0 amide bonds. The zero-order valence-electron chi connectivity index (χ0n) is 10.1. The van der Waals surface area contributed by atoms with Gasteiger partial charge in [-0.25, -0.2) is 4.98 Å². The number of aromatic nitrogens is 2. The van der Waals surface area contributed by atoms with Gasteiger partial charge in [-0.05, 0) is 13.8 Å². The second-order valence-electron chi connectivity index (χ2n) is 3.87. The van der Waals surface area contributed by atoms with E-state index in [0.29, 0.717) is 12.3 Å². The SMILES string of the molecule is C=CCNc1nc(C)cn1C(C)CS(C)=O. The van der Waals surface area contributed by atoms with Crippen LogP contribution in [0.3, 0.4) is 0 Å². The van der Waals surface area contributed by atoms with Gasteiger partial charge in [0.1, 0.15) is 0 Å². The second kappa shape index (κ2) is 5.84. The van der Waals surface area contributed by atoms with E-state index in [4.69, 9.17) is 0 Å². The van der Waals surface area contributed by atoms with Gasteiger partial charge in [0.15, 0.2) is 0 Å². The Morgan fingerprint density at radius 1 is 1.75 bits per heavy atom. The number of hydrogen-bond donors (Lipinski definition) is 1. The van der Waals surface area contributed by atoms with Crippen LogP contribution < -0.4 is 5.32 Å². The summed E-state index contributed by atoms with van der Waals surface area (Å²) < 4.78 is 13.2. The first kappa shape index (κ1) is 13.0. The van der Waals surface area contributed by atoms with Gasteiger partial charge in [0.25, 0.3) is 0 Å². The van der Waals surface area contributed by atoms with Gasteiger partial charge < -0.3 is 9.88 Å². The Labute approximate surface area is 99.2 Å². The minimum Gasteiger partial charge on any atom is -0.352 e. The molecule has 0 aliphatic rings. The fourth-order valence-corrected chi connectivity index (χ4v) is 2.41. The van der Waals surface area contributed by atoms with Gasteiger partial charge in [-0.15, -0.1) is 6.58 Å². The monoisotopic (exact) mass is 241 g/mol. The summed E-state index contributed by atoms with van der Waals surface area (Å²) in [6, 6.07) is 0.180. The second-order valence-corrected chi connectivity index (χ2v) is 5.35. The lowest BCUT2D eigenvalue weighted by atomic mass is 10.4. The maximum absolute atomic E-state index is 11.2. The first-order valence-electron chi connectivity index (χ1n) is 5.25. The van der Waals surface area contributed by atoms with Crippen molar-refractivity contribution in [1.82, 2.24) is 9.55 Å². The summed E-state index contributed by atoms with van der Waals surface area (Å²) in [6.07, 6.45) is 5.48. The molecule has 0 radical (unpaired) electrons. The van der Waals surface area contributed by atoms with E-state index < -0.39 is 10.8 Å². The van der Waals surface area contributed by atoms with Gasteiger partial charge in [-0.2, -0.15) is 0 Å². The summed E-state index contributed by atoms with van der Waals surface area (Å²) in [5.41, 5.74) is 0.959. The molecule has 1 aromatic rings. The lowest BCUT2D eigenvalue weighted by Gasteiger charge is -2.15. The van der Waals surface area contributed by atoms with Crippen LogP contribution in [0.1, 0.15) is 18.7 Å². The average molecular weight is 241 g/mol. The third-order valence-electron chi connectivity index (χ3n) is 2.21. The Morgan fingerprint density at radius 3 is 3.00 bits per heavy atom. The highest BCUT2D eigenvalue weighted by Gasteiger charge is 2.12. The molecule has 0 bridgehead atoms. The maximum Gasteiger partial charge on any atom is 0.203 e. The average Bonchev–Trinajstić information content (AvgIpc) is 2.55. The predicted molar refractivity (Wildman–Crippen MR) is 69.3 cm³/mol. The number of anilines is 1. The van der Waals surface area contributed by atoms with E-state index in [1.165, 1.54) is 0 Å². The van der Waals surface area contributed by atoms with Crippen molar-refractivity contribution >= 4 is 16.7 Å². The summed E-state index contributed by atoms with van der Waals surface area (Å²) in [7, 11) is -0.797. The summed E-state index contributed by atoms with van der Waals surface area (Å²) in [5.74, 6) is 1.45. The van der Waals surface area contributed by atoms with Crippen molar-refractivity contribution in [2.45, 2.75) is 19.9 Å². The van der Waals surface area contributed by atoms with Gasteiger partial charge >= 0.3 is 0 Å². The molecule has 1 N–H and O–H groups in total.